The largest absolute Gasteiger partial charge is 0.480 e. The molecule has 1 atom stereocenters. The zero-order valence-electron chi connectivity index (χ0n) is 12.4. The maximum absolute atomic E-state index is 11.8. The number of amides is 1. The first-order valence-electron chi connectivity index (χ1n) is 6.77. The minimum absolute atomic E-state index is 0.153. The average molecular weight is 301 g/mol. The predicted molar refractivity (Wildman–Crippen MR) is 84.7 cm³/mol. The van der Waals surface area contributed by atoms with Crippen molar-refractivity contribution < 1.29 is 19.4 Å². The van der Waals surface area contributed by atoms with Crippen molar-refractivity contribution in [3.63, 3.8) is 0 Å². The van der Waals surface area contributed by atoms with Crippen LogP contribution >= 0.6 is 0 Å². The molecule has 116 valence electrons. The molecular formula is C17H19NO4. The van der Waals surface area contributed by atoms with Gasteiger partial charge >= 0.3 is 12.1 Å². The topological polar surface area (TPSA) is 75.6 Å². The normalized spacial score (nSPS) is 12.7. The number of aliphatic carboxylic acids is 1. The Bertz CT molecular complexity index is 576. The molecule has 5 nitrogen and oxygen atoms in total. The van der Waals surface area contributed by atoms with Crippen molar-refractivity contribution in [2.75, 3.05) is 0 Å². The van der Waals surface area contributed by atoms with Crippen LogP contribution in [0.15, 0.2) is 66.8 Å². The summed E-state index contributed by atoms with van der Waals surface area (Å²) in [6.07, 6.45) is 6.17. The first-order chi connectivity index (χ1) is 10.6. The number of para-hydroxylation sites is 1. The van der Waals surface area contributed by atoms with Crippen molar-refractivity contribution in [1.29, 1.82) is 0 Å². The van der Waals surface area contributed by atoms with Crippen molar-refractivity contribution in [3.8, 4) is 5.75 Å². The van der Waals surface area contributed by atoms with Crippen LogP contribution in [0.1, 0.15) is 13.3 Å². The molecule has 1 amide bonds. The zero-order valence-corrected chi connectivity index (χ0v) is 12.4. The van der Waals surface area contributed by atoms with Gasteiger partial charge in [-0.2, -0.15) is 0 Å². The molecule has 0 aliphatic carbocycles. The van der Waals surface area contributed by atoms with Crippen molar-refractivity contribution in [2.24, 2.45) is 0 Å². The lowest BCUT2D eigenvalue weighted by molar-refractivity contribution is -0.139. The summed E-state index contributed by atoms with van der Waals surface area (Å²) in [7, 11) is 0. The summed E-state index contributed by atoms with van der Waals surface area (Å²) in [5.41, 5.74) is 0.771. The van der Waals surface area contributed by atoms with E-state index in [-0.39, 0.29) is 6.42 Å². The zero-order chi connectivity index (χ0) is 16.4. The SMILES string of the molecule is C=C/C=C\C(=C/C)CC(NC(=O)Oc1ccccc1)C(=O)O. The number of hydrogen-bond acceptors (Lipinski definition) is 3. The Morgan fingerprint density at radius 1 is 1.36 bits per heavy atom. The van der Waals surface area contributed by atoms with E-state index in [1.165, 1.54) is 0 Å². The van der Waals surface area contributed by atoms with Gasteiger partial charge in [0.15, 0.2) is 0 Å². The highest BCUT2D eigenvalue weighted by molar-refractivity contribution is 5.81. The van der Waals surface area contributed by atoms with E-state index in [9.17, 15) is 14.7 Å². The number of ether oxygens (including phenoxy) is 1. The third-order valence-electron chi connectivity index (χ3n) is 2.80. The van der Waals surface area contributed by atoms with Crippen LogP contribution in [-0.4, -0.2) is 23.2 Å². The molecule has 0 bridgehead atoms. The second kappa shape index (κ2) is 9.18. The van der Waals surface area contributed by atoms with Crippen LogP contribution in [-0.2, 0) is 4.79 Å². The van der Waals surface area contributed by atoms with Crippen LogP contribution in [0.2, 0.25) is 0 Å². The molecule has 0 aliphatic heterocycles. The summed E-state index contributed by atoms with van der Waals surface area (Å²) >= 11 is 0. The Labute approximate surface area is 129 Å². The van der Waals surface area contributed by atoms with Crippen molar-refractivity contribution >= 4 is 12.1 Å². The lowest BCUT2D eigenvalue weighted by atomic mass is 10.1. The molecule has 0 heterocycles. The summed E-state index contributed by atoms with van der Waals surface area (Å²) in [6.45, 7) is 5.35. The number of nitrogens with one attached hydrogen (secondary N) is 1. The number of hydrogen-bond donors (Lipinski definition) is 2. The molecule has 0 aromatic heterocycles. The lowest BCUT2D eigenvalue weighted by Crippen LogP contribution is -2.42. The van der Waals surface area contributed by atoms with E-state index in [1.807, 2.05) is 0 Å². The highest BCUT2D eigenvalue weighted by Gasteiger charge is 2.21. The van der Waals surface area contributed by atoms with Gasteiger partial charge in [-0.15, -0.1) is 0 Å². The van der Waals surface area contributed by atoms with Crippen LogP contribution in [0, 0.1) is 0 Å². The van der Waals surface area contributed by atoms with Gasteiger partial charge in [-0.05, 0) is 24.6 Å². The fourth-order valence-corrected chi connectivity index (χ4v) is 1.68. The smallest absolute Gasteiger partial charge is 0.413 e. The molecule has 0 spiro atoms. The maximum atomic E-state index is 11.8. The van der Waals surface area contributed by atoms with Crippen molar-refractivity contribution in [1.82, 2.24) is 5.32 Å². The van der Waals surface area contributed by atoms with Gasteiger partial charge in [0.05, 0.1) is 0 Å². The molecule has 2 N–H and O–H groups in total. The Balaban J connectivity index is 2.67. The number of rotatable bonds is 7. The highest BCUT2D eigenvalue weighted by Crippen LogP contribution is 2.11. The van der Waals surface area contributed by atoms with Gasteiger partial charge in [-0.1, -0.05) is 49.1 Å². The average Bonchev–Trinajstić information content (AvgIpc) is 2.51. The van der Waals surface area contributed by atoms with E-state index in [0.717, 1.165) is 5.57 Å². The van der Waals surface area contributed by atoms with Gasteiger partial charge in [0.1, 0.15) is 11.8 Å². The van der Waals surface area contributed by atoms with Crippen LogP contribution in [0.4, 0.5) is 4.79 Å². The van der Waals surface area contributed by atoms with E-state index < -0.39 is 18.1 Å². The quantitative estimate of drug-likeness (QED) is 0.758. The van der Waals surface area contributed by atoms with Crippen LogP contribution in [0.5, 0.6) is 5.75 Å². The summed E-state index contributed by atoms with van der Waals surface area (Å²) < 4.78 is 5.02. The fourth-order valence-electron chi connectivity index (χ4n) is 1.68. The highest BCUT2D eigenvalue weighted by atomic mass is 16.6. The predicted octanol–water partition coefficient (Wildman–Crippen LogP) is 3.31. The molecule has 1 unspecified atom stereocenters. The third kappa shape index (κ3) is 6.09. The Kier molecular flexibility index (Phi) is 7.19. The second-order valence-corrected chi connectivity index (χ2v) is 4.40. The molecule has 5 heteroatoms. The van der Waals surface area contributed by atoms with Gasteiger partial charge in [0, 0.05) is 6.42 Å². The van der Waals surface area contributed by atoms with E-state index >= 15 is 0 Å². The molecule has 1 aromatic carbocycles. The molecule has 0 saturated heterocycles. The molecule has 0 aliphatic rings. The van der Waals surface area contributed by atoms with Crippen molar-refractivity contribution in [2.45, 2.75) is 19.4 Å². The minimum atomic E-state index is -1.13. The second-order valence-electron chi connectivity index (χ2n) is 4.40. The number of carboxylic acid groups (broad SMARTS) is 1. The molecule has 0 radical (unpaired) electrons. The van der Waals surface area contributed by atoms with E-state index in [4.69, 9.17) is 4.74 Å². The fraction of sp³-hybridized carbons (Fsp3) is 0.176. The number of carbonyl (C=O) groups is 2. The van der Waals surface area contributed by atoms with Gasteiger partial charge in [-0.3, -0.25) is 0 Å². The number of allylic oxidation sites excluding steroid dienone is 4. The Morgan fingerprint density at radius 2 is 2.05 bits per heavy atom. The van der Waals surface area contributed by atoms with Gasteiger partial charge in [-0.25, -0.2) is 9.59 Å². The lowest BCUT2D eigenvalue weighted by Gasteiger charge is -2.15. The number of carbonyl (C=O) groups excluding carboxylic acids is 1. The first-order valence-corrected chi connectivity index (χ1v) is 6.77. The first kappa shape index (κ1) is 17.2. The Morgan fingerprint density at radius 3 is 2.59 bits per heavy atom. The summed E-state index contributed by atoms with van der Waals surface area (Å²) in [5.74, 6) is -0.779. The monoisotopic (exact) mass is 301 g/mol. The third-order valence-corrected chi connectivity index (χ3v) is 2.80. The van der Waals surface area contributed by atoms with Crippen LogP contribution < -0.4 is 10.1 Å². The summed E-state index contributed by atoms with van der Waals surface area (Å²) in [5, 5.41) is 11.6. The molecule has 1 rings (SSSR count). The standard InChI is InChI=1S/C17H19NO4/c1-3-5-9-13(4-2)12-15(16(19)20)18-17(21)22-14-10-7-6-8-11-14/h3-11,15H,1,12H2,2H3,(H,18,21)(H,19,20)/b9-5-,13-4+. The minimum Gasteiger partial charge on any atom is -0.480 e. The van der Waals surface area contributed by atoms with E-state index in [0.29, 0.717) is 5.75 Å². The van der Waals surface area contributed by atoms with Crippen LogP contribution in [0.25, 0.3) is 0 Å². The molecular weight excluding hydrogens is 282 g/mol. The number of benzene rings is 1. The summed E-state index contributed by atoms with van der Waals surface area (Å²) in [4.78, 5) is 23.0. The summed E-state index contributed by atoms with van der Waals surface area (Å²) in [6, 6.07) is 7.37. The van der Waals surface area contributed by atoms with Gasteiger partial charge in [0.25, 0.3) is 0 Å². The molecule has 0 saturated carbocycles. The Hall–Kier alpha value is -2.82. The van der Waals surface area contributed by atoms with Crippen LogP contribution in [0.3, 0.4) is 0 Å². The van der Waals surface area contributed by atoms with E-state index in [2.05, 4.69) is 11.9 Å². The molecule has 22 heavy (non-hydrogen) atoms. The number of carboxylic acids is 1. The molecule has 1 aromatic rings. The van der Waals surface area contributed by atoms with E-state index in [1.54, 1.807) is 61.6 Å². The molecule has 0 fully saturated rings. The van der Waals surface area contributed by atoms with Crippen molar-refractivity contribution in [3.05, 3.63) is 66.8 Å². The van der Waals surface area contributed by atoms with Gasteiger partial charge in [0.2, 0.25) is 0 Å². The van der Waals surface area contributed by atoms with Gasteiger partial charge < -0.3 is 15.2 Å². The maximum Gasteiger partial charge on any atom is 0.413 e.